The van der Waals surface area contributed by atoms with E-state index in [2.05, 4.69) is 68.9 Å². The summed E-state index contributed by atoms with van der Waals surface area (Å²) >= 11 is 8.97. The predicted molar refractivity (Wildman–Crippen MR) is 69.6 cm³/mol. The maximum Gasteiger partial charge on any atom is -0.00763 e. The molecule has 3 atom stereocenters. The standard InChI is InChI=1S/C3H6BrP.2BrH2P/c1-2-3-5-4;2*1-2/h2,5H,1,3H2;2*2H2. The lowest BCUT2D eigenvalue weighted by molar-refractivity contribution is 1.83. The van der Waals surface area contributed by atoms with Gasteiger partial charge in [-0.3, -0.25) is 0 Å². The second-order valence-electron chi connectivity index (χ2n) is 0.626. The van der Waals surface area contributed by atoms with Crippen LogP contribution in [-0.4, -0.2) is 6.16 Å². The smallest absolute Gasteiger partial charge is 0.00763 e. The van der Waals surface area contributed by atoms with Gasteiger partial charge in [-0.1, -0.05) is 68.4 Å². The fraction of sp³-hybridized carbons (Fsp3) is 0.333. The van der Waals surface area contributed by atoms with Gasteiger partial charge in [0, 0.05) is 0 Å². The van der Waals surface area contributed by atoms with E-state index >= 15 is 0 Å². The first kappa shape index (κ1) is 17.5. The molecule has 0 spiro atoms. The minimum Gasteiger partial charge on any atom is -0.103 e. The van der Waals surface area contributed by atoms with Crippen LogP contribution in [0.15, 0.2) is 12.7 Å². The molecule has 0 rings (SSSR count). The third kappa shape index (κ3) is 37.6. The monoisotopic (exact) mass is 376 g/mol. The summed E-state index contributed by atoms with van der Waals surface area (Å²) in [7, 11) is 5.31. The molecule has 0 N–H and O–H groups in total. The van der Waals surface area contributed by atoms with E-state index in [0.29, 0.717) is 0 Å². The topological polar surface area (TPSA) is 0 Å². The van der Waals surface area contributed by atoms with Gasteiger partial charge < -0.3 is 0 Å². The zero-order valence-corrected chi connectivity index (χ0v) is 12.8. The van der Waals surface area contributed by atoms with E-state index in [4.69, 9.17) is 0 Å². The van der Waals surface area contributed by atoms with Gasteiger partial charge in [-0.2, -0.15) is 0 Å². The minimum atomic E-state index is 0.852. The van der Waals surface area contributed by atoms with Crippen molar-refractivity contribution in [2.45, 2.75) is 0 Å². The van der Waals surface area contributed by atoms with Crippen LogP contribution in [0, 0.1) is 0 Å². The van der Waals surface area contributed by atoms with Crippen molar-refractivity contribution in [3.05, 3.63) is 12.7 Å². The quantitative estimate of drug-likeness (QED) is 0.490. The highest BCUT2D eigenvalue weighted by atomic mass is 79.9. The molecule has 0 aliphatic rings. The van der Waals surface area contributed by atoms with E-state index in [-0.39, 0.29) is 0 Å². The molecule has 0 aromatic carbocycles. The van der Waals surface area contributed by atoms with Crippen molar-refractivity contribution >= 4 is 69.6 Å². The van der Waals surface area contributed by atoms with Crippen LogP contribution in [0.2, 0.25) is 0 Å². The minimum absolute atomic E-state index is 0.852. The summed E-state index contributed by atoms with van der Waals surface area (Å²) in [4.78, 5) is 0. The fourth-order valence-electron chi connectivity index (χ4n) is 0.0546. The van der Waals surface area contributed by atoms with Crippen LogP contribution in [0.25, 0.3) is 0 Å². The molecule has 0 saturated heterocycles. The Bertz CT molecular complexity index is 35.5. The summed E-state index contributed by atoms with van der Waals surface area (Å²) in [6.07, 6.45) is 2.99. The Morgan fingerprint density at radius 2 is 1.67 bits per heavy atom. The fourth-order valence-corrected chi connectivity index (χ4v) is 0.850. The first-order valence-corrected chi connectivity index (χ1v) is 11.6. The molecule has 0 bridgehead atoms. The maximum absolute atomic E-state index is 3.53. The van der Waals surface area contributed by atoms with E-state index in [1.54, 1.807) is 0 Å². The van der Waals surface area contributed by atoms with Crippen LogP contribution in [0.3, 0.4) is 0 Å². The van der Waals surface area contributed by atoms with Gasteiger partial charge in [0.25, 0.3) is 0 Å². The highest BCUT2D eigenvalue weighted by molar-refractivity contribution is 9.36. The molecule has 3 unspecified atom stereocenters. The molecule has 0 aromatic rings. The third-order valence-corrected chi connectivity index (χ3v) is 1.64. The van der Waals surface area contributed by atoms with E-state index in [0.717, 1.165) is 13.4 Å². The molecule has 0 aliphatic carbocycles. The summed E-state index contributed by atoms with van der Waals surface area (Å²) < 4.78 is 0. The number of halogens is 3. The van der Waals surface area contributed by atoms with Crippen molar-refractivity contribution in [1.82, 2.24) is 0 Å². The van der Waals surface area contributed by atoms with Crippen LogP contribution >= 0.6 is 69.6 Å². The molecule has 58 valence electrons. The Morgan fingerprint density at radius 3 is 1.67 bits per heavy atom. The van der Waals surface area contributed by atoms with Crippen LogP contribution in [-0.2, 0) is 0 Å². The van der Waals surface area contributed by atoms with Crippen molar-refractivity contribution in [3.63, 3.8) is 0 Å². The highest BCUT2D eigenvalue weighted by Crippen LogP contribution is 2.17. The normalized spacial score (nSPS) is 6.78. The Hall–Kier alpha value is 2.47. The molecule has 0 amide bonds. The van der Waals surface area contributed by atoms with Crippen LogP contribution in [0.5, 0.6) is 0 Å². The molecule has 9 heavy (non-hydrogen) atoms. The number of rotatable bonds is 2. The summed E-state index contributed by atoms with van der Waals surface area (Å²) in [5.41, 5.74) is 0. The average molecular weight is 379 g/mol. The molecule has 0 heterocycles. The molecule has 0 nitrogen and oxygen atoms in total. The summed E-state index contributed by atoms with van der Waals surface area (Å²) in [5.74, 6) is 0. The Balaban J connectivity index is -0.0000000771. The second-order valence-corrected chi connectivity index (χ2v) is 2.98. The van der Waals surface area contributed by atoms with Gasteiger partial charge in [-0.05, 0) is 13.4 Å². The van der Waals surface area contributed by atoms with Gasteiger partial charge in [-0.25, -0.2) is 0 Å². The molecule has 0 radical (unpaired) electrons. The van der Waals surface area contributed by atoms with Crippen molar-refractivity contribution < 1.29 is 0 Å². The van der Waals surface area contributed by atoms with Crippen molar-refractivity contribution in [1.29, 1.82) is 0 Å². The zero-order chi connectivity index (χ0) is 8.12. The SMILES string of the molecule is C=CCPBr.PBr.PBr. The Morgan fingerprint density at radius 1 is 1.33 bits per heavy atom. The summed E-state index contributed by atoms with van der Waals surface area (Å²) in [6, 6.07) is 0. The third-order valence-electron chi connectivity index (χ3n) is 0.221. The Labute approximate surface area is 87.8 Å². The zero-order valence-electron chi connectivity index (χ0n) is 4.78. The van der Waals surface area contributed by atoms with Gasteiger partial charge in [0.1, 0.15) is 0 Å². The summed E-state index contributed by atoms with van der Waals surface area (Å²) in [5, 5.41) is 0. The van der Waals surface area contributed by atoms with Crippen molar-refractivity contribution in [2.75, 3.05) is 6.16 Å². The van der Waals surface area contributed by atoms with E-state index in [1.807, 2.05) is 6.08 Å². The largest absolute Gasteiger partial charge is 0.103 e. The lowest BCUT2D eigenvalue weighted by atomic mass is 10.8. The first-order valence-electron chi connectivity index (χ1n) is 1.80. The molecule has 0 fully saturated rings. The number of hydrogen-bond acceptors (Lipinski definition) is 0. The highest BCUT2D eigenvalue weighted by Gasteiger charge is 1.63. The van der Waals surface area contributed by atoms with Gasteiger partial charge in [0.2, 0.25) is 0 Å². The predicted octanol–water partition coefficient (Wildman–Crippen LogP) is 4.50. The first-order chi connectivity index (χ1) is 4.41. The maximum atomic E-state index is 3.53. The van der Waals surface area contributed by atoms with Crippen molar-refractivity contribution in [2.24, 2.45) is 0 Å². The number of allylic oxidation sites excluding steroid dienone is 1. The lowest BCUT2D eigenvalue weighted by Crippen LogP contribution is -1.48. The molecule has 0 saturated carbocycles. The van der Waals surface area contributed by atoms with Crippen molar-refractivity contribution in [3.8, 4) is 0 Å². The Kier molecular flexibility index (Phi) is 61.1. The van der Waals surface area contributed by atoms with Crippen LogP contribution in [0.1, 0.15) is 0 Å². The van der Waals surface area contributed by atoms with E-state index < -0.39 is 0 Å². The van der Waals surface area contributed by atoms with Crippen LogP contribution in [0.4, 0.5) is 0 Å². The second kappa shape index (κ2) is 31.4. The van der Waals surface area contributed by atoms with Crippen LogP contribution < -0.4 is 0 Å². The molecular formula is C3H10Br3P3. The number of hydrogen-bond donors (Lipinski definition) is 0. The van der Waals surface area contributed by atoms with Gasteiger partial charge >= 0.3 is 0 Å². The average Bonchev–Trinajstić information content (AvgIpc) is 1.98. The summed E-state index contributed by atoms with van der Waals surface area (Å²) in [6.45, 7) is 3.53. The van der Waals surface area contributed by atoms with E-state index in [9.17, 15) is 0 Å². The molecule has 6 heteroatoms. The molecule has 0 aliphatic heterocycles. The molecular weight excluding hydrogens is 369 g/mol. The van der Waals surface area contributed by atoms with Gasteiger partial charge in [0.15, 0.2) is 0 Å². The van der Waals surface area contributed by atoms with E-state index in [1.165, 1.54) is 0 Å². The van der Waals surface area contributed by atoms with Gasteiger partial charge in [-0.15, -0.1) is 6.58 Å². The van der Waals surface area contributed by atoms with Gasteiger partial charge in [0.05, 0.1) is 0 Å². The lowest BCUT2D eigenvalue weighted by Gasteiger charge is -1.71. The molecule has 0 aromatic heterocycles.